The predicted octanol–water partition coefficient (Wildman–Crippen LogP) is 2.24. The molecule has 0 bridgehead atoms. The number of aryl methyl sites for hydroxylation is 1. The summed E-state index contributed by atoms with van der Waals surface area (Å²) in [5.41, 5.74) is 0.846. The third-order valence-corrected chi connectivity index (χ3v) is 3.73. The highest BCUT2D eigenvalue weighted by Crippen LogP contribution is 2.17. The fourth-order valence-corrected chi connectivity index (χ4v) is 2.29. The first kappa shape index (κ1) is 13.4. The third kappa shape index (κ3) is 3.03. The number of rotatable bonds is 3. The molecule has 0 saturated carbocycles. The summed E-state index contributed by atoms with van der Waals surface area (Å²) in [7, 11) is -3.29. The monoisotopic (exact) mass is 279 g/mol. The van der Waals surface area contributed by atoms with Crippen molar-refractivity contribution in [3.05, 3.63) is 47.9 Å². The van der Waals surface area contributed by atoms with Gasteiger partial charge >= 0.3 is 0 Å². The topological polar surface area (TPSA) is 76.4 Å². The minimum Gasteiger partial charge on any atom is -0.469 e. The van der Waals surface area contributed by atoms with E-state index in [4.69, 9.17) is 4.42 Å². The van der Waals surface area contributed by atoms with Gasteiger partial charge in [-0.1, -0.05) is 6.07 Å². The first-order chi connectivity index (χ1) is 8.88. The smallest absolute Gasteiger partial charge is 0.259 e. The molecular weight excluding hydrogens is 266 g/mol. The normalized spacial score (nSPS) is 11.3. The molecule has 2 aromatic rings. The van der Waals surface area contributed by atoms with E-state index < -0.39 is 9.84 Å². The van der Waals surface area contributed by atoms with Gasteiger partial charge in [-0.2, -0.15) is 0 Å². The molecule has 1 amide bonds. The van der Waals surface area contributed by atoms with E-state index >= 15 is 0 Å². The van der Waals surface area contributed by atoms with E-state index in [9.17, 15) is 13.2 Å². The van der Waals surface area contributed by atoms with Crippen molar-refractivity contribution in [2.75, 3.05) is 11.6 Å². The molecule has 0 aliphatic rings. The molecule has 0 fully saturated rings. The zero-order chi connectivity index (χ0) is 14.0. The van der Waals surface area contributed by atoms with Crippen molar-refractivity contribution in [1.29, 1.82) is 0 Å². The van der Waals surface area contributed by atoms with E-state index in [-0.39, 0.29) is 10.8 Å². The molecule has 2 rings (SSSR count). The summed E-state index contributed by atoms with van der Waals surface area (Å²) in [5, 5.41) is 2.63. The quantitative estimate of drug-likeness (QED) is 0.934. The molecule has 0 saturated heterocycles. The number of carbonyl (C=O) groups is 1. The maximum absolute atomic E-state index is 11.9. The largest absolute Gasteiger partial charge is 0.469 e. The van der Waals surface area contributed by atoms with E-state index in [1.165, 1.54) is 18.4 Å². The Morgan fingerprint density at radius 2 is 2.00 bits per heavy atom. The molecule has 0 radical (unpaired) electrons. The van der Waals surface area contributed by atoms with Crippen LogP contribution in [0.5, 0.6) is 0 Å². The Kier molecular flexibility index (Phi) is 3.44. The zero-order valence-electron chi connectivity index (χ0n) is 10.5. The average Bonchev–Trinajstić information content (AvgIpc) is 2.75. The summed E-state index contributed by atoms with van der Waals surface area (Å²) in [5.74, 6) is 0.175. The van der Waals surface area contributed by atoms with Gasteiger partial charge in [0.15, 0.2) is 9.84 Å². The van der Waals surface area contributed by atoms with Crippen molar-refractivity contribution in [3.8, 4) is 0 Å². The molecule has 0 atom stereocenters. The fourth-order valence-electron chi connectivity index (χ4n) is 1.62. The van der Waals surface area contributed by atoms with Crippen molar-refractivity contribution in [2.45, 2.75) is 11.8 Å². The molecule has 1 aromatic carbocycles. The lowest BCUT2D eigenvalue weighted by molar-refractivity contribution is 0.102. The Morgan fingerprint density at radius 1 is 1.26 bits per heavy atom. The second-order valence-corrected chi connectivity index (χ2v) is 6.16. The van der Waals surface area contributed by atoms with Gasteiger partial charge in [-0.3, -0.25) is 4.79 Å². The lowest BCUT2D eigenvalue weighted by atomic mass is 10.2. The molecule has 1 N–H and O–H groups in total. The molecule has 5 nitrogen and oxygen atoms in total. The highest BCUT2D eigenvalue weighted by Gasteiger charge is 2.13. The Labute approximate surface area is 111 Å². The van der Waals surface area contributed by atoms with Gasteiger partial charge < -0.3 is 9.73 Å². The number of benzene rings is 1. The second-order valence-electron chi connectivity index (χ2n) is 4.14. The summed E-state index contributed by atoms with van der Waals surface area (Å²) in [6.07, 6.45) is 2.55. The van der Waals surface area contributed by atoms with Gasteiger partial charge in [-0.05, 0) is 31.2 Å². The number of anilines is 1. The van der Waals surface area contributed by atoms with Crippen LogP contribution in [0, 0.1) is 6.92 Å². The standard InChI is InChI=1S/C13H13NO4S/c1-9-12(6-7-18-9)13(15)14-10-4-3-5-11(8-10)19(2,16)17/h3-8H,1-2H3,(H,14,15). The molecule has 0 aliphatic carbocycles. The first-order valence-corrected chi connectivity index (χ1v) is 7.42. The minimum absolute atomic E-state index is 0.161. The van der Waals surface area contributed by atoms with Crippen LogP contribution in [-0.4, -0.2) is 20.6 Å². The van der Waals surface area contributed by atoms with Gasteiger partial charge in [0.05, 0.1) is 16.7 Å². The fraction of sp³-hybridized carbons (Fsp3) is 0.154. The maximum atomic E-state index is 11.9. The van der Waals surface area contributed by atoms with Crippen molar-refractivity contribution >= 4 is 21.4 Å². The number of furan rings is 1. The maximum Gasteiger partial charge on any atom is 0.259 e. The lowest BCUT2D eigenvalue weighted by Crippen LogP contribution is -2.12. The van der Waals surface area contributed by atoms with Gasteiger partial charge in [0, 0.05) is 11.9 Å². The molecule has 0 spiro atoms. The van der Waals surface area contributed by atoms with Gasteiger partial charge in [0.2, 0.25) is 0 Å². The molecule has 0 unspecified atom stereocenters. The van der Waals surface area contributed by atoms with Gasteiger partial charge in [0.25, 0.3) is 5.91 Å². The highest BCUT2D eigenvalue weighted by molar-refractivity contribution is 7.90. The van der Waals surface area contributed by atoms with Crippen LogP contribution >= 0.6 is 0 Å². The Bertz CT molecular complexity index is 716. The molecule has 6 heteroatoms. The van der Waals surface area contributed by atoms with Crippen LogP contribution in [0.1, 0.15) is 16.1 Å². The van der Waals surface area contributed by atoms with Crippen molar-refractivity contribution in [2.24, 2.45) is 0 Å². The second kappa shape index (κ2) is 4.89. The van der Waals surface area contributed by atoms with Crippen LogP contribution in [-0.2, 0) is 9.84 Å². The van der Waals surface area contributed by atoms with E-state index in [0.29, 0.717) is 17.0 Å². The SMILES string of the molecule is Cc1occc1C(=O)Nc1cccc(S(C)(=O)=O)c1. The third-order valence-electron chi connectivity index (χ3n) is 2.62. The Balaban J connectivity index is 2.25. The zero-order valence-corrected chi connectivity index (χ0v) is 11.3. The average molecular weight is 279 g/mol. The number of hydrogen-bond acceptors (Lipinski definition) is 4. The van der Waals surface area contributed by atoms with Crippen molar-refractivity contribution < 1.29 is 17.6 Å². The van der Waals surface area contributed by atoms with Crippen LogP contribution in [0.3, 0.4) is 0 Å². The number of sulfone groups is 1. The van der Waals surface area contributed by atoms with Crippen molar-refractivity contribution in [3.63, 3.8) is 0 Å². The van der Waals surface area contributed by atoms with Gasteiger partial charge in [0.1, 0.15) is 5.76 Å². The van der Waals surface area contributed by atoms with E-state index in [2.05, 4.69) is 5.32 Å². The minimum atomic E-state index is -3.29. The van der Waals surface area contributed by atoms with Crippen LogP contribution in [0.15, 0.2) is 45.9 Å². The lowest BCUT2D eigenvalue weighted by Gasteiger charge is -2.06. The summed E-state index contributed by atoms with van der Waals surface area (Å²) in [6, 6.07) is 7.66. The first-order valence-electron chi connectivity index (χ1n) is 5.53. The number of hydrogen-bond donors (Lipinski definition) is 1. The van der Waals surface area contributed by atoms with E-state index in [0.717, 1.165) is 6.26 Å². The molecule has 1 aromatic heterocycles. The summed E-state index contributed by atoms with van der Waals surface area (Å²) >= 11 is 0. The van der Waals surface area contributed by atoms with Gasteiger partial charge in [-0.25, -0.2) is 8.42 Å². The van der Waals surface area contributed by atoms with Crippen LogP contribution in [0.2, 0.25) is 0 Å². The Morgan fingerprint density at radius 3 is 2.58 bits per heavy atom. The number of amides is 1. The predicted molar refractivity (Wildman–Crippen MR) is 71.0 cm³/mol. The van der Waals surface area contributed by atoms with Gasteiger partial charge in [-0.15, -0.1) is 0 Å². The van der Waals surface area contributed by atoms with E-state index in [1.54, 1.807) is 25.1 Å². The number of nitrogens with one attached hydrogen (secondary N) is 1. The summed E-state index contributed by atoms with van der Waals surface area (Å²) in [6.45, 7) is 1.68. The molecule has 100 valence electrons. The van der Waals surface area contributed by atoms with E-state index in [1.807, 2.05) is 0 Å². The molecule has 19 heavy (non-hydrogen) atoms. The van der Waals surface area contributed by atoms with Crippen molar-refractivity contribution in [1.82, 2.24) is 0 Å². The Hall–Kier alpha value is -2.08. The van der Waals surface area contributed by atoms with Crippen LogP contribution in [0.25, 0.3) is 0 Å². The highest BCUT2D eigenvalue weighted by atomic mass is 32.2. The van der Waals surface area contributed by atoms with Crippen LogP contribution in [0.4, 0.5) is 5.69 Å². The molecule has 0 aliphatic heterocycles. The summed E-state index contributed by atoms with van der Waals surface area (Å²) < 4.78 is 27.9. The van der Waals surface area contributed by atoms with Crippen LogP contribution < -0.4 is 5.32 Å². The molecule has 1 heterocycles. The molecular formula is C13H13NO4S. The summed E-state index contributed by atoms with van der Waals surface area (Å²) in [4.78, 5) is 12.1. The number of carbonyl (C=O) groups excluding carboxylic acids is 1.